The number of nitrogens with zero attached hydrogens (tertiary/aromatic N) is 2. The van der Waals surface area contributed by atoms with Crippen molar-refractivity contribution in [3.63, 3.8) is 0 Å². The molecule has 1 aliphatic heterocycles. The second kappa shape index (κ2) is 5.36. The first-order chi connectivity index (χ1) is 6.27. The lowest BCUT2D eigenvalue weighted by Crippen LogP contribution is -2.37. The Labute approximate surface area is 82.3 Å². The van der Waals surface area contributed by atoms with E-state index in [1.54, 1.807) is 0 Å². The molecule has 1 rings (SSSR count). The summed E-state index contributed by atoms with van der Waals surface area (Å²) in [4.78, 5) is 0. The van der Waals surface area contributed by atoms with Gasteiger partial charge in [0.2, 0.25) is 0 Å². The molecule has 1 fully saturated rings. The van der Waals surface area contributed by atoms with E-state index < -0.39 is 11.0 Å². The zero-order valence-corrected chi connectivity index (χ0v) is 8.85. The topological polar surface area (TPSA) is 44.1 Å². The minimum atomic E-state index is -0.847. The second-order valence-corrected chi connectivity index (χ2v) is 4.95. The summed E-state index contributed by atoms with van der Waals surface area (Å²) >= 11 is 0. The Kier molecular flexibility index (Phi) is 4.40. The van der Waals surface area contributed by atoms with E-state index in [0.717, 1.165) is 31.6 Å². The van der Waals surface area contributed by atoms with E-state index in [0.29, 0.717) is 6.54 Å². The standard InChI is InChI=1S/C9H16N2OS/c1-2-6-13(12)11-5-3-4-9(7-10)8-11/h9H,2-6,8H2,1H3. The van der Waals surface area contributed by atoms with Crippen molar-refractivity contribution in [1.82, 2.24) is 4.31 Å². The molecular weight excluding hydrogens is 184 g/mol. The summed E-state index contributed by atoms with van der Waals surface area (Å²) in [7, 11) is -0.847. The molecule has 0 aliphatic carbocycles. The average Bonchev–Trinajstić information content (AvgIpc) is 2.18. The second-order valence-electron chi connectivity index (χ2n) is 3.38. The van der Waals surface area contributed by atoms with E-state index in [2.05, 4.69) is 6.07 Å². The monoisotopic (exact) mass is 200 g/mol. The third-order valence-corrected chi connectivity index (χ3v) is 3.90. The Hall–Kier alpha value is -0.400. The molecule has 2 unspecified atom stereocenters. The quantitative estimate of drug-likeness (QED) is 0.689. The van der Waals surface area contributed by atoms with Gasteiger partial charge in [0.25, 0.3) is 0 Å². The molecule has 4 heteroatoms. The highest BCUT2D eigenvalue weighted by atomic mass is 32.2. The van der Waals surface area contributed by atoms with Crippen LogP contribution in [-0.4, -0.2) is 27.4 Å². The Morgan fingerprint density at radius 2 is 2.46 bits per heavy atom. The van der Waals surface area contributed by atoms with Crippen molar-refractivity contribution in [1.29, 1.82) is 5.26 Å². The molecular formula is C9H16N2OS. The maximum atomic E-state index is 11.6. The fraction of sp³-hybridized carbons (Fsp3) is 0.889. The molecule has 13 heavy (non-hydrogen) atoms. The third kappa shape index (κ3) is 3.09. The Morgan fingerprint density at radius 3 is 3.08 bits per heavy atom. The predicted octanol–water partition coefficient (Wildman–Crippen LogP) is 1.30. The highest BCUT2D eigenvalue weighted by Crippen LogP contribution is 2.17. The van der Waals surface area contributed by atoms with E-state index >= 15 is 0 Å². The van der Waals surface area contributed by atoms with Gasteiger partial charge in [-0.3, -0.25) is 0 Å². The van der Waals surface area contributed by atoms with E-state index in [1.807, 2.05) is 11.2 Å². The van der Waals surface area contributed by atoms with Crippen LogP contribution in [0.5, 0.6) is 0 Å². The van der Waals surface area contributed by atoms with Gasteiger partial charge in [-0.05, 0) is 19.3 Å². The lowest BCUT2D eigenvalue weighted by Gasteiger charge is -2.27. The fourth-order valence-electron chi connectivity index (χ4n) is 1.54. The van der Waals surface area contributed by atoms with Crippen LogP contribution in [0.15, 0.2) is 0 Å². The van der Waals surface area contributed by atoms with Gasteiger partial charge in [-0.15, -0.1) is 0 Å². The van der Waals surface area contributed by atoms with Crippen molar-refractivity contribution in [2.75, 3.05) is 18.8 Å². The normalized spacial score (nSPS) is 26.6. The van der Waals surface area contributed by atoms with Crippen molar-refractivity contribution in [3.05, 3.63) is 0 Å². The lowest BCUT2D eigenvalue weighted by atomic mass is 10.0. The Bertz CT molecular complexity index is 224. The van der Waals surface area contributed by atoms with Crippen LogP contribution in [0.25, 0.3) is 0 Å². The van der Waals surface area contributed by atoms with Gasteiger partial charge in [-0.25, -0.2) is 8.51 Å². The molecule has 1 saturated heterocycles. The number of hydrogen-bond donors (Lipinski definition) is 0. The summed E-state index contributed by atoms with van der Waals surface area (Å²) in [6.07, 6.45) is 2.92. The molecule has 0 saturated carbocycles. The van der Waals surface area contributed by atoms with Gasteiger partial charge < -0.3 is 0 Å². The van der Waals surface area contributed by atoms with Crippen LogP contribution in [0.4, 0.5) is 0 Å². The van der Waals surface area contributed by atoms with Crippen molar-refractivity contribution in [2.45, 2.75) is 26.2 Å². The zero-order valence-electron chi connectivity index (χ0n) is 8.03. The minimum absolute atomic E-state index is 0.0922. The molecule has 0 aromatic rings. The fourth-order valence-corrected chi connectivity index (χ4v) is 2.82. The molecule has 74 valence electrons. The lowest BCUT2D eigenvalue weighted by molar-refractivity contribution is 0.319. The number of hydrogen-bond acceptors (Lipinski definition) is 2. The van der Waals surface area contributed by atoms with Crippen LogP contribution in [-0.2, 0) is 11.0 Å². The molecule has 2 atom stereocenters. The Morgan fingerprint density at radius 1 is 1.69 bits per heavy atom. The van der Waals surface area contributed by atoms with Crippen molar-refractivity contribution in [3.8, 4) is 6.07 Å². The smallest absolute Gasteiger partial charge is 0.0942 e. The molecule has 0 amide bonds. The largest absolute Gasteiger partial charge is 0.243 e. The van der Waals surface area contributed by atoms with Crippen molar-refractivity contribution in [2.24, 2.45) is 5.92 Å². The van der Waals surface area contributed by atoms with Gasteiger partial charge in [-0.1, -0.05) is 6.92 Å². The summed E-state index contributed by atoms with van der Waals surface area (Å²) in [6.45, 7) is 3.62. The van der Waals surface area contributed by atoms with Gasteiger partial charge in [0.05, 0.1) is 23.0 Å². The summed E-state index contributed by atoms with van der Waals surface area (Å²) in [6, 6.07) is 2.25. The van der Waals surface area contributed by atoms with Crippen LogP contribution in [0.3, 0.4) is 0 Å². The first kappa shape index (κ1) is 10.7. The average molecular weight is 200 g/mol. The molecule has 1 heterocycles. The number of nitriles is 1. The first-order valence-electron chi connectivity index (χ1n) is 4.81. The summed E-state index contributed by atoms with van der Waals surface area (Å²) in [5.41, 5.74) is 0. The predicted molar refractivity (Wildman–Crippen MR) is 53.2 cm³/mol. The maximum absolute atomic E-state index is 11.6. The van der Waals surface area contributed by atoms with Gasteiger partial charge in [0.15, 0.2) is 0 Å². The van der Waals surface area contributed by atoms with Gasteiger partial charge in [0.1, 0.15) is 0 Å². The van der Waals surface area contributed by atoms with Crippen LogP contribution >= 0.6 is 0 Å². The molecule has 0 radical (unpaired) electrons. The molecule has 1 aliphatic rings. The maximum Gasteiger partial charge on any atom is 0.0942 e. The molecule has 0 spiro atoms. The van der Waals surface area contributed by atoms with Crippen molar-refractivity contribution < 1.29 is 4.21 Å². The van der Waals surface area contributed by atoms with Crippen LogP contribution in [0.2, 0.25) is 0 Å². The molecule has 0 aromatic heterocycles. The highest BCUT2D eigenvalue weighted by molar-refractivity contribution is 7.82. The molecule has 3 nitrogen and oxygen atoms in total. The van der Waals surface area contributed by atoms with E-state index in [-0.39, 0.29) is 5.92 Å². The zero-order chi connectivity index (χ0) is 9.68. The van der Waals surface area contributed by atoms with Crippen LogP contribution < -0.4 is 0 Å². The van der Waals surface area contributed by atoms with Gasteiger partial charge >= 0.3 is 0 Å². The third-order valence-electron chi connectivity index (χ3n) is 2.23. The minimum Gasteiger partial charge on any atom is -0.243 e. The summed E-state index contributed by atoms with van der Waals surface area (Å²) < 4.78 is 13.5. The van der Waals surface area contributed by atoms with E-state index in [4.69, 9.17) is 5.26 Å². The molecule has 0 aromatic carbocycles. The molecule has 0 N–H and O–H groups in total. The summed E-state index contributed by atoms with van der Waals surface area (Å²) in [5.74, 6) is 0.826. The SMILES string of the molecule is CCCS(=O)N1CCCC(C#N)C1. The van der Waals surface area contributed by atoms with E-state index in [1.165, 1.54) is 0 Å². The van der Waals surface area contributed by atoms with E-state index in [9.17, 15) is 4.21 Å². The summed E-state index contributed by atoms with van der Waals surface area (Å²) in [5, 5.41) is 8.74. The first-order valence-corrected chi connectivity index (χ1v) is 6.08. The number of rotatable bonds is 3. The molecule has 0 bridgehead atoms. The van der Waals surface area contributed by atoms with Gasteiger partial charge in [0, 0.05) is 18.8 Å². The van der Waals surface area contributed by atoms with Crippen LogP contribution in [0.1, 0.15) is 26.2 Å². The van der Waals surface area contributed by atoms with Crippen molar-refractivity contribution >= 4 is 11.0 Å². The number of piperidine rings is 1. The van der Waals surface area contributed by atoms with Gasteiger partial charge in [-0.2, -0.15) is 5.26 Å². The Balaban J connectivity index is 2.42. The highest BCUT2D eigenvalue weighted by Gasteiger charge is 2.22. The van der Waals surface area contributed by atoms with Crippen LogP contribution in [0, 0.1) is 17.2 Å².